The third-order valence-corrected chi connectivity index (χ3v) is 2.27. The van der Waals surface area contributed by atoms with Crippen molar-refractivity contribution in [1.29, 1.82) is 0 Å². The Bertz CT molecular complexity index is 630. The predicted octanol–water partition coefficient (Wildman–Crippen LogP) is 3.53. The summed E-state index contributed by atoms with van der Waals surface area (Å²) >= 11 is 0. The lowest BCUT2D eigenvalue weighted by Gasteiger charge is -1.91. The van der Waals surface area contributed by atoms with E-state index >= 15 is 0 Å². The van der Waals surface area contributed by atoms with E-state index in [1.165, 1.54) is 6.20 Å². The van der Waals surface area contributed by atoms with Gasteiger partial charge >= 0.3 is 0 Å². The first-order valence-corrected chi connectivity index (χ1v) is 5.98. The Morgan fingerprint density at radius 1 is 0.850 bits per heavy atom. The van der Waals surface area contributed by atoms with Gasteiger partial charge in [-0.25, -0.2) is 0 Å². The van der Waals surface area contributed by atoms with Crippen molar-refractivity contribution in [3.8, 4) is 0 Å². The molecule has 0 atom stereocenters. The van der Waals surface area contributed by atoms with Crippen molar-refractivity contribution in [3.63, 3.8) is 0 Å². The van der Waals surface area contributed by atoms with Crippen LogP contribution in [0.3, 0.4) is 0 Å². The van der Waals surface area contributed by atoms with E-state index in [4.69, 9.17) is 0 Å². The predicted molar refractivity (Wildman–Crippen MR) is 74.9 cm³/mol. The number of hydrogen-bond donors (Lipinski definition) is 0. The second-order valence-electron chi connectivity index (χ2n) is 3.72. The summed E-state index contributed by atoms with van der Waals surface area (Å²) in [6.07, 6.45) is 1.53. The van der Waals surface area contributed by atoms with Crippen molar-refractivity contribution in [2.24, 2.45) is 10.2 Å². The van der Waals surface area contributed by atoms with Gasteiger partial charge in [-0.15, -0.1) is 15.3 Å². The quantitative estimate of drug-likeness (QED) is 0.779. The Hall–Kier alpha value is -2.95. The molecule has 1 heterocycles. The number of nitrogens with zero attached hydrogens (tertiary/aromatic N) is 4. The highest BCUT2D eigenvalue weighted by Gasteiger charge is 2.01. The highest BCUT2D eigenvalue weighted by Crippen LogP contribution is 2.06. The van der Waals surface area contributed by atoms with Gasteiger partial charge in [0.1, 0.15) is 0 Å². The minimum atomic E-state index is -0.418. The first-order valence-electron chi connectivity index (χ1n) is 5.98. The lowest BCUT2D eigenvalue weighted by Crippen LogP contribution is -1.92. The summed E-state index contributed by atoms with van der Waals surface area (Å²) in [6.45, 7) is 0. The van der Waals surface area contributed by atoms with Crippen LogP contribution in [0.1, 0.15) is 10.4 Å². The fourth-order valence-electron chi connectivity index (χ4n) is 1.34. The summed E-state index contributed by atoms with van der Waals surface area (Å²) in [5.41, 5.74) is 0.479. The van der Waals surface area contributed by atoms with E-state index in [1.807, 2.05) is 24.3 Å². The van der Waals surface area contributed by atoms with Crippen LogP contribution >= 0.6 is 0 Å². The number of carbonyl (C=O) groups excluding carboxylic acids is 1. The summed E-state index contributed by atoms with van der Waals surface area (Å²) in [6, 6.07) is 19.3. The van der Waals surface area contributed by atoms with Gasteiger partial charge in [0, 0.05) is 11.8 Å². The second-order valence-corrected chi connectivity index (χ2v) is 3.72. The van der Waals surface area contributed by atoms with Gasteiger partial charge in [-0.2, -0.15) is 5.10 Å². The molecule has 20 heavy (non-hydrogen) atoms. The van der Waals surface area contributed by atoms with Crippen LogP contribution in [-0.2, 0) is 0 Å². The summed E-state index contributed by atoms with van der Waals surface area (Å²) in [7, 11) is 0. The lowest BCUT2D eigenvalue weighted by molar-refractivity contribution is 0.0995. The molecule has 0 bridgehead atoms. The molecule has 0 aliphatic carbocycles. The molecule has 1 aromatic heterocycles. The smallest absolute Gasteiger partial charge is 0.265 e. The minimum absolute atomic E-state index is 0.255. The van der Waals surface area contributed by atoms with E-state index < -0.39 is 5.91 Å². The summed E-state index contributed by atoms with van der Waals surface area (Å²) in [5, 5.41) is 15.1. The molecular weight excluding hydrogens is 252 g/mol. The SMILES string of the molecule is O=C(N=Nc1cccccccnn1)c1ccccc1. The van der Waals surface area contributed by atoms with Crippen molar-refractivity contribution in [2.75, 3.05) is 0 Å². The number of carbonyl (C=O) groups is 1. The van der Waals surface area contributed by atoms with Crippen LogP contribution in [0, 0.1) is 0 Å². The van der Waals surface area contributed by atoms with Gasteiger partial charge in [0.25, 0.3) is 5.91 Å². The molecule has 0 aliphatic rings. The summed E-state index contributed by atoms with van der Waals surface area (Å²) in [5.74, 6) is -0.163. The number of aromatic nitrogens is 2. The van der Waals surface area contributed by atoms with E-state index in [1.54, 1.807) is 42.5 Å². The van der Waals surface area contributed by atoms with Crippen molar-refractivity contribution in [2.45, 2.75) is 0 Å². The van der Waals surface area contributed by atoms with Crippen LogP contribution in [0.15, 0.2) is 83.2 Å². The summed E-state index contributed by atoms with van der Waals surface area (Å²) < 4.78 is 0. The molecule has 0 N–H and O–H groups in total. The number of hydrogen-bond acceptors (Lipinski definition) is 4. The Labute approximate surface area is 116 Å². The first kappa shape index (κ1) is 13.5. The fraction of sp³-hybridized carbons (Fsp3) is 0. The molecule has 0 saturated heterocycles. The first-order chi connectivity index (χ1) is 9.86. The number of benzene rings is 1. The number of azo groups is 1. The molecule has 2 rings (SSSR count). The highest BCUT2D eigenvalue weighted by atomic mass is 16.1. The van der Waals surface area contributed by atoms with E-state index in [2.05, 4.69) is 20.4 Å². The van der Waals surface area contributed by atoms with E-state index in [-0.39, 0.29) is 5.82 Å². The monoisotopic (exact) mass is 264 g/mol. The normalized spacial score (nSPS) is 10.0. The number of amides is 1. The molecule has 1 amide bonds. The van der Waals surface area contributed by atoms with Crippen molar-refractivity contribution < 1.29 is 4.79 Å². The molecule has 98 valence electrons. The maximum absolute atomic E-state index is 11.8. The Balaban J connectivity index is 2.21. The Morgan fingerprint density at radius 2 is 1.50 bits per heavy atom. The van der Waals surface area contributed by atoms with Crippen LogP contribution in [0.4, 0.5) is 5.82 Å². The average molecular weight is 264 g/mol. The average Bonchev–Trinajstić information content (AvgIpc) is 2.51. The standard InChI is InChI=1S/C15H12N4O/c20-15(13-9-5-4-6-10-13)19-18-14-11-7-2-1-3-8-12-16-17-14/h1-12H. The maximum atomic E-state index is 11.8. The van der Waals surface area contributed by atoms with E-state index in [0.29, 0.717) is 5.56 Å². The maximum Gasteiger partial charge on any atom is 0.295 e. The molecule has 0 spiro atoms. The van der Waals surface area contributed by atoms with E-state index in [9.17, 15) is 4.79 Å². The van der Waals surface area contributed by atoms with Gasteiger partial charge in [0.15, 0.2) is 5.82 Å². The van der Waals surface area contributed by atoms with Gasteiger partial charge in [-0.1, -0.05) is 42.5 Å². The van der Waals surface area contributed by atoms with Crippen LogP contribution in [0.5, 0.6) is 0 Å². The van der Waals surface area contributed by atoms with Crippen molar-refractivity contribution in [3.05, 3.63) is 78.5 Å². The van der Waals surface area contributed by atoms with Crippen LogP contribution in [0.25, 0.3) is 0 Å². The number of rotatable bonds is 2. The molecule has 0 aliphatic heterocycles. The van der Waals surface area contributed by atoms with Gasteiger partial charge in [-0.3, -0.25) is 4.79 Å². The molecule has 5 heteroatoms. The third-order valence-electron chi connectivity index (χ3n) is 2.27. The zero-order valence-corrected chi connectivity index (χ0v) is 10.6. The Morgan fingerprint density at radius 3 is 2.35 bits per heavy atom. The zero-order chi connectivity index (χ0) is 14.0. The van der Waals surface area contributed by atoms with Gasteiger partial charge in [-0.05, 0) is 24.3 Å². The van der Waals surface area contributed by atoms with Crippen LogP contribution < -0.4 is 0 Å². The topological polar surface area (TPSA) is 67.6 Å². The molecule has 1 aromatic carbocycles. The van der Waals surface area contributed by atoms with Crippen molar-refractivity contribution >= 4 is 11.7 Å². The van der Waals surface area contributed by atoms with Gasteiger partial charge in [0.05, 0.1) is 0 Å². The zero-order valence-electron chi connectivity index (χ0n) is 10.6. The lowest BCUT2D eigenvalue weighted by atomic mass is 10.2. The molecule has 0 radical (unpaired) electrons. The summed E-state index contributed by atoms with van der Waals surface area (Å²) in [4.78, 5) is 11.8. The van der Waals surface area contributed by atoms with Crippen molar-refractivity contribution in [1.82, 2.24) is 10.2 Å². The molecule has 0 unspecified atom stereocenters. The second kappa shape index (κ2) is 7.48. The molecule has 5 nitrogen and oxygen atoms in total. The third kappa shape index (κ3) is 4.38. The van der Waals surface area contributed by atoms with Crippen LogP contribution in [0.2, 0.25) is 0 Å². The molecule has 0 fully saturated rings. The highest BCUT2D eigenvalue weighted by molar-refractivity contribution is 5.94. The van der Waals surface area contributed by atoms with Gasteiger partial charge < -0.3 is 0 Å². The fourth-order valence-corrected chi connectivity index (χ4v) is 1.34. The van der Waals surface area contributed by atoms with Crippen LogP contribution in [-0.4, -0.2) is 16.1 Å². The van der Waals surface area contributed by atoms with E-state index in [0.717, 1.165) is 0 Å². The molecule has 0 saturated carbocycles. The molecular formula is C15H12N4O. The largest absolute Gasteiger partial charge is 0.295 e. The Kier molecular flexibility index (Phi) is 5.04. The molecule has 2 aromatic rings. The minimum Gasteiger partial charge on any atom is -0.265 e. The van der Waals surface area contributed by atoms with Gasteiger partial charge in [0.2, 0.25) is 0 Å².